The maximum absolute atomic E-state index is 11.5. The van der Waals surface area contributed by atoms with Crippen LogP contribution in [0.25, 0.3) is 0 Å². The number of hydrogen-bond acceptors (Lipinski definition) is 4. The second-order valence-corrected chi connectivity index (χ2v) is 4.17. The molecule has 0 saturated heterocycles. The molecule has 1 heterocycles. The van der Waals surface area contributed by atoms with Crippen molar-refractivity contribution in [2.45, 2.75) is 19.3 Å². The van der Waals surface area contributed by atoms with E-state index in [1.54, 1.807) is 12.1 Å². The van der Waals surface area contributed by atoms with E-state index in [4.69, 9.17) is 14.9 Å². The molecule has 1 aliphatic heterocycles. The highest BCUT2D eigenvalue weighted by Crippen LogP contribution is 2.22. The molecule has 19 heavy (non-hydrogen) atoms. The molecule has 0 fully saturated rings. The number of amides is 2. The molecule has 4 N–H and O–H groups in total. The van der Waals surface area contributed by atoms with Gasteiger partial charge >= 0.3 is 12.0 Å². The van der Waals surface area contributed by atoms with Crippen LogP contribution < -0.4 is 10.6 Å². The molecule has 0 saturated carbocycles. The standard InChI is InChI=1S/C12H14N2O5/c15-10(11(16)17)4-13-12(18)14-9-2-1-7-5-19-6-8(7)3-9/h1-3,10,15H,4-6H2,(H,16,17)(H2,13,14,18)/t10-/m0/s1. The molecular formula is C12H14N2O5. The molecule has 0 spiro atoms. The van der Waals surface area contributed by atoms with Crippen LogP contribution in [0.5, 0.6) is 0 Å². The van der Waals surface area contributed by atoms with Gasteiger partial charge in [-0.2, -0.15) is 0 Å². The van der Waals surface area contributed by atoms with Crippen molar-refractivity contribution in [2.75, 3.05) is 11.9 Å². The topological polar surface area (TPSA) is 108 Å². The molecule has 0 unspecified atom stereocenters. The minimum atomic E-state index is -1.61. The Morgan fingerprint density at radius 1 is 1.32 bits per heavy atom. The largest absolute Gasteiger partial charge is 0.479 e. The summed E-state index contributed by atoms with van der Waals surface area (Å²) in [6.45, 7) is 0.742. The minimum absolute atomic E-state index is 0.352. The fraction of sp³-hybridized carbons (Fsp3) is 0.333. The maximum Gasteiger partial charge on any atom is 0.334 e. The molecule has 102 valence electrons. The van der Waals surface area contributed by atoms with Gasteiger partial charge in [-0.25, -0.2) is 9.59 Å². The van der Waals surface area contributed by atoms with Gasteiger partial charge in [0.25, 0.3) is 0 Å². The second-order valence-electron chi connectivity index (χ2n) is 4.17. The van der Waals surface area contributed by atoms with Crippen molar-refractivity contribution in [1.29, 1.82) is 0 Å². The number of benzene rings is 1. The molecule has 0 aliphatic carbocycles. The Labute approximate surface area is 109 Å². The van der Waals surface area contributed by atoms with Gasteiger partial charge in [0.2, 0.25) is 0 Å². The molecule has 7 nitrogen and oxygen atoms in total. The SMILES string of the molecule is O=C(NC[C@H](O)C(=O)O)Nc1ccc2c(c1)COC2. The van der Waals surface area contributed by atoms with Crippen LogP contribution in [-0.4, -0.2) is 34.9 Å². The zero-order valence-electron chi connectivity index (χ0n) is 10.0. The zero-order chi connectivity index (χ0) is 13.8. The number of aliphatic carboxylic acids is 1. The Balaban J connectivity index is 1.87. The molecular weight excluding hydrogens is 252 g/mol. The molecule has 2 amide bonds. The zero-order valence-corrected chi connectivity index (χ0v) is 10.0. The van der Waals surface area contributed by atoms with Gasteiger partial charge < -0.3 is 25.6 Å². The summed E-state index contributed by atoms with van der Waals surface area (Å²) in [6.07, 6.45) is -1.61. The molecule has 0 radical (unpaired) electrons. The number of ether oxygens (including phenoxy) is 1. The highest BCUT2D eigenvalue weighted by molar-refractivity contribution is 5.89. The van der Waals surface area contributed by atoms with Gasteiger partial charge in [-0.05, 0) is 23.3 Å². The van der Waals surface area contributed by atoms with Crippen molar-refractivity contribution in [2.24, 2.45) is 0 Å². The van der Waals surface area contributed by atoms with E-state index in [9.17, 15) is 9.59 Å². The molecule has 0 aromatic heterocycles. The lowest BCUT2D eigenvalue weighted by molar-refractivity contribution is -0.146. The monoisotopic (exact) mass is 266 g/mol. The molecule has 1 aromatic carbocycles. The highest BCUT2D eigenvalue weighted by Gasteiger charge is 2.15. The first-order valence-corrected chi connectivity index (χ1v) is 5.71. The predicted molar refractivity (Wildman–Crippen MR) is 65.6 cm³/mol. The number of nitrogens with one attached hydrogen (secondary N) is 2. The van der Waals surface area contributed by atoms with Crippen molar-refractivity contribution in [3.8, 4) is 0 Å². The number of urea groups is 1. The van der Waals surface area contributed by atoms with Crippen LogP contribution >= 0.6 is 0 Å². The fourth-order valence-corrected chi connectivity index (χ4v) is 1.70. The summed E-state index contributed by atoms with van der Waals surface area (Å²) >= 11 is 0. The van der Waals surface area contributed by atoms with Crippen LogP contribution in [0.2, 0.25) is 0 Å². The van der Waals surface area contributed by atoms with E-state index >= 15 is 0 Å². The Bertz CT molecular complexity index is 503. The number of hydrogen-bond donors (Lipinski definition) is 4. The smallest absolute Gasteiger partial charge is 0.334 e. The van der Waals surface area contributed by atoms with Crippen LogP contribution in [0.15, 0.2) is 18.2 Å². The van der Waals surface area contributed by atoms with E-state index in [0.717, 1.165) is 11.1 Å². The van der Waals surface area contributed by atoms with E-state index in [0.29, 0.717) is 18.9 Å². The molecule has 1 aromatic rings. The van der Waals surface area contributed by atoms with Gasteiger partial charge in [-0.1, -0.05) is 6.07 Å². The number of fused-ring (bicyclic) bond motifs is 1. The lowest BCUT2D eigenvalue weighted by Gasteiger charge is -2.10. The third-order valence-electron chi connectivity index (χ3n) is 2.72. The first kappa shape index (κ1) is 13.3. The molecule has 2 rings (SSSR count). The summed E-state index contributed by atoms with van der Waals surface area (Å²) in [7, 11) is 0. The van der Waals surface area contributed by atoms with E-state index in [2.05, 4.69) is 10.6 Å². The van der Waals surface area contributed by atoms with E-state index in [1.807, 2.05) is 6.07 Å². The van der Waals surface area contributed by atoms with Crippen LogP contribution in [-0.2, 0) is 22.7 Å². The average Bonchev–Trinajstić information content (AvgIpc) is 2.83. The number of aliphatic hydroxyl groups is 1. The van der Waals surface area contributed by atoms with Gasteiger partial charge in [0, 0.05) is 5.69 Å². The van der Waals surface area contributed by atoms with E-state index in [1.165, 1.54) is 0 Å². The summed E-state index contributed by atoms with van der Waals surface area (Å²) in [4.78, 5) is 21.8. The van der Waals surface area contributed by atoms with Crippen molar-refractivity contribution >= 4 is 17.7 Å². The Morgan fingerprint density at radius 2 is 2.05 bits per heavy atom. The van der Waals surface area contributed by atoms with E-state index in [-0.39, 0.29) is 6.54 Å². The molecule has 7 heteroatoms. The third kappa shape index (κ3) is 3.43. The lowest BCUT2D eigenvalue weighted by atomic mass is 10.1. The van der Waals surface area contributed by atoms with Crippen molar-refractivity contribution < 1.29 is 24.5 Å². The Kier molecular flexibility index (Phi) is 3.98. The van der Waals surface area contributed by atoms with Crippen molar-refractivity contribution in [3.05, 3.63) is 29.3 Å². The van der Waals surface area contributed by atoms with Crippen molar-refractivity contribution in [3.63, 3.8) is 0 Å². The van der Waals surface area contributed by atoms with Crippen LogP contribution in [0.3, 0.4) is 0 Å². The molecule has 1 atom stereocenters. The molecule has 1 aliphatic rings. The van der Waals surface area contributed by atoms with Crippen LogP contribution in [0, 0.1) is 0 Å². The third-order valence-corrected chi connectivity index (χ3v) is 2.72. The quantitative estimate of drug-likeness (QED) is 0.626. The number of aliphatic hydroxyl groups excluding tert-OH is 1. The maximum atomic E-state index is 11.5. The first-order chi connectivity index (χ1) is 9.06. The highest BCUT2D eigenvalue weighted by atomic mass is 16.5. The Morgan fingerprint density at radius 3 is 2.79 bits per heavy atom. The van der Waals surface area contributed by atoms with E-state index < -0.39 is 18.1 Å². The normalized spacial score (nSPS) is 14.6. The number of rotatable bonds is 4. The van der Waals surface area contributed by atoms with Gasteiger partial charge in [0.1, 0.15) is 0 Å². The summed E-state index contributed by atoms with van der Waals surface area (Å²) < 4.78 is 5.25. The number of carbonyl (C=O) groups is 2. The second kappa shape index (κ2) is 5.68. The first-order valence-electron chi connectivity index (χ1n) is 5.71. The number of carboxylic acids is 1. The number of carbonyl (C=O) groups excluding carboxylic acids is 1. The van der Waals surface area contributed by atoms with Gasteiger partial charge in [0.15, 0.2) is 6.10 Å². The summed E-state index contributed by atoms with van der Waals surface area (Å²) in [5.74, 6) is -1.38. The summed E-state index contributed by atoms with van der Waals surface area (Å²) in [5.41, 5.74) is 2.70. The van der Waals surface area contributed by atoms with Gasteiger partial charge in [-0.15, -0.1) is 0 Å². The number of anilines is 1. The summed E-state index contributed by atoms with van der Waals surface area (Å²) in [6, 6.07) is 4.83. The molecule has 0 bridgehead atoms. The fourth-order valence-electron chi connectivity index (χ4n) is 1.70. The van der Waals surface area contributed by atoms with Crippen LogP contribution in [0.4, 0.5) is 10.5 Å². The van der Waals surface area contributed by atoms with Gasteiger partial charge in [-0.3, -0.25) is 0 Å². The minimum Gasteiger partial charge on any atom is -0.479 e. The average molecular weight is 266 g/mol. The Hall–Kier alpha value is -2.12. The van der Waals surface area contributed by atoms with Crippen molar-refractivity contribution in [1.82, 2.24) is 5.32 Å². The van der Waals surface area contributed by atoms with Gasteiger partial charge in [0.05, 0.1) is 19.8 Å². The lowest BCUT2D eigenvalue weighted by Crippen LogP contribution is -2.38. The summed E-state index contributed by atoms with van der Waals surface area (Å²) in [5, 5.41) is 22.3. The van der Waals surface area contributed by atoms with Crippen LogP contribution in [0.1, 0.15) is 11.1 Å². The predicted octanol–water partition coefficient (Wildman–Crippen LogP) is 0.284. The number of carboxylic acid groups (broad SMARTS) is 1.